The molecule has 0 saturated carbocycles. The summed E-state index contributed by atoms with van der Waals surface area (Å²) in [6.45, 7) is 2.82. The first-order valence-corrected chi connectivity index (χ1v) is 6.17. The van der Waals surface area contributed by atoms with Crippen molar-refractivity contribution in [3.63, 3.8) is 0 Å². The third kappa shape index (κ3) is 2.85. The normalized spacial score (nSPS) is 19.4. The molecule has 1 N–H and O–H groups in total. The van der Waals surface area contributed by atoms with Crippen LogP contribution in [0.1, 0.15) is 18.4 Å². The van der Waals surface area contributed by atoms with Crippen LogP contribution in [0.2, 0.25) is 0 Å². The average molecular weight is 246 g/mol. The zero-order chi connectivity index (χ0) is 13.0. The van der Waals surface area contributed by atoms with E-state index in [-0.39, 0.29) is 11.9 Å². The summed E-state index contributed by atoms with van der Waals surface area (Å²) in [5.41, 5.74) is 2.00. The largest absolute Gasteiger partial charge is 0.357 e. The minimum absolute atomic E-state index is 0.00959. The summed E-state index contributed by atoms with van der Waals surface area (Å²) >= 11 is 0. The summed E-state index contributed by atoms with van der Waals surface area (Å²) in [6.07, 6.45) is 1.82. The van der Waals surface area contributed by atoms with E-state index in [0.717, 1.165) is 25.1 Å². The Hall–Kier alpha value is -1.91. The van der Waals surface area contributed by atoms with E-state index in [4.69, 9.17) is 0 Å². The molecule has 5 nitrogen and oxygen atoms in total. The van der Waals surface area contributed by atoms with Gasteiger partial charge in [0.2, 0.25) is 5.91 Å². The highest BCUT2D eigenvalue weighted by atomic mass is 16.2. The summed E-state index contributed by atoms with van der Waals surface area (Å²) in [6, 6.07) is 7.65. The van der Waals surface area contributed by atoms with E-state index >= 15 is 0 Å². The van der Waals surface area contributed by atoms with Gasteiger partial charge in [-0.1, -0.05) is 22.9 Å². The molecule has 1 aromatic rings. The number of nitrogens with zero attached hydrogens (tertiary/aromatic N) is 3. The lowest BCUT2D eigenvalue weighted by atomic mass is 10.2. The molecule has 0 spiro atoms. The van der Waals surface area contributed by atoms with Crippen molar-refractivity contribution < 1.29 is 4.79 Å². The number of rotatable bonds is 3. The number of hydrogen-bond acceptors (Lipinski definition) is 3. The van der Waals surface area contributed by atoms with Gasteiger partial charge in [0.05, 0.1) is 5.69 Å². The van der Waals surface area contributed by atoms with Crippen molar-refractivity contribution in [3.8, 4) is 0 Å². The molecule has 1 aromatic carbocycles. The summed E-state index contributed by atoms with van der Waals surface area (Å²) in [4.78, 5) is 11.6. The molecule has 5 heteroatoms. The van der Waals surface area contributed by atoms with Gasteiger partial charge in [-0.05, 0) is 31.9 Å². The van der Waals surface area contributed by atoms with Gasteiger partial charge in [-0.2, -0.15) is 0 Å². The van der Waals surface area contributed by atoms with E-state index in [1.165, 1.54) is 5.56 Å². The van der Waals surface area contributed by atoms with Crippen LogP contribution < -0.4 is 5.32 Å². The Morgan fingerprint density at radius 1 is 1.39 bits per heavy atom. The zero-order valence-electron chi connectivity index (χ0n) is 10.8. The molecule has 1 aliphatic heterocycles. The summed E-state index contributed by atoms with van der Waals surface area (Å²) in [7, 11) is 1.65. The Labute approximate surface area is 107 Å². The predicted octanol–water partition coefficient (Wildman–Crippen LogP) is 2.20. The van der Waals surface area contributed by atoms with Crippen LogP contribution in [0.25, 0.3) is 0 Å². The van der Waals surface area contributed by atoms with Crippen LogP contribution in [0.3, 0.4) is 0 Å². The number of amides is 1. The predicted molar refractivity (Wildman–Crippen MR) is 69.5 cm³/mol. The van der Waals surface area contributed by atoms with Crippen molar-refractivity contribution in [1.82, 2.24) is 10.3 Å². The Morgan fingerprint density at radius 2 is 2.11 bits per heavy atom. The lowest BCUT2D eigenvalue weighted by Crippen LogP contribution is -2.39. The molecule has 0 aliphatic carbocycles. The quantitative estimate of drug-likeness (QED) is 0.831. The number of aryl methyl sites for hydroxylation is 1. The van der Waals surface area contributed by atoms with E-state index in [0.29, 0.717) is 0 Å². The van der Waals surface area contributed by atoms with E-state index in [2.05, 4.69) is 15.7 Å². The Balaban J connectivity index is 2.04. The highest BCUT2D eigenvalue weighted by Gasteiger charge is 2.29. The Morgan fingerprint density at radius 3 is 2.78 bits per heavy atom. The number of benzene rings is 1. The Kier molecular flexibility index (Phi) is 3.92. The van der Waals surface area contributed by atoms with Gasteiger partial charge in [-0.15, -0.1) is 5.11 Å². The summed E-state index contributed by atoms with van der Waals surface area (Å²) in [5, 5.41) is 12.8. The van der Waals surface area contributed by atoms with E-state index in [1.54, 1.807) is 12.1 Å². The standard InChI is InChI=1S/C13H18N4O/c1-10-5-7-11(8-6-10)15-16-17-9-3-4-12(17)13(18)14-2/h5-8,12H,3-4,9H2,1-2H3,(H,14,18)/t12-/m0/s1. The maximum Gasteiger partial charge on any atom is 0.244 e. The molecule has 96 valence electrons. The number of nitrogens with one attached hydrogen (secondary N) is 1. The molecule has 0 unspecified atom stereocenters. The van der Waals surface area contributed by atoms with Crippen LogP contribution in [-0.2, 0) is 4.79 Å². The maximum absolute atomic E-state index is 11.6. The van der Waals surface area contributed by atoms with Crippen LogP contribution in [-0.4, -0.2) is 30.6 Å². The molecule has 1 fully saturated rings. The fourth-order valence-electron chi connectivity index (χ4n) is 2.01. The van der Waals surface area contributed by atoms with Gasteiger partial charge in [0.1, 0.15) is 6.04 Å². The van der Waals surface area contributed by atoms with Crippen molar-refractivity contribution in [3.05, 3.63) is 29.8 Å². The molecule has 18 heavy (non-hydrogen) atoms. The number of carbonyl (C=O) groups excluding carboxylic acids is 1. The van der Waals surface area contributed by atoms with Crippen molar-refractivity contribution in [2.24, 2.45) is 10.3 Å². The van der Waals surface area contributed by atoms with Gasteiger partial charge >= 0.3 is 0 Å². The molecule has 1 amide bonds. The molecule has 1 aliphatic rings. The lowest BCUT2D eigenvalue weighted by molar-refractivity contribution is -0.125. The van der Waals surface area contributed by atoms with Crippen molar-refractivity contribution in [1.29, 1.82) is 0 Å². The Bertz CT molecular complexity index is 441. The topological polar surface area (TPSA) is 57.1 Å². The monoisotopic (exact) mass is 246 g/mol. The first-order valence-electron chi connectivity index (χ1n) is 6.17. The van der Waals surface area contributed by atoms with Crippen LogP contribution in [0.5, 0.6) is 0 Å². The van der Waals surface area contributed by atoms with Gasteiger partial charge in [0, 0.05) is 13.6 Å². The minimum atomic E-state index is -0.177. The molecule has 0 bridgehead atoms. The molecule has 2 rings (SSSR count). The molecular formula is C13H18N4O. The third-order valence-electron chi connectivity index (χ3n) is 3.08. The summed E-state index contributed by atoms with van der Waals surface area (Å²) in [5.74, 6) is 0.00959. The zero-order valence-corrected chi connectivity index (χ0v) is 10.8. The molecule has 1 saturated heterocycles. The molecule has 1 atom stereocenters. The first-order chi connectivity index (χ1) is 8.70. The first kappa shape index (κ1) is 12.5. The van der Waals surface area contributed by atoms with E-state index < -0.39 is 0 Å². The summed E-state index contributed by atoms with van der Waals surface area (Å²) < 4.78 is 0. The number of likely N-dealkylation sites (N-methyl/N-ethyl adjacent to an activating group) is 1. The number of carbonyl (C=O) groups is 1. The van der Waals surface area contributed by atoms with Crippen LogP contribution in [0.15, 0.2) is 34.6 Å². The van der Waals surface area contributed by atoms with Crippen molar-refractivity contribution in [2.75, 3.05) is 13.6 Å². The van der Waals surface area contributed by atoms with Gasteiger partial charge in [0.25, 0.3) is 0 Å². The number of hydrogen-bond donors (Lipinski definition) is 1. The van der Waals surface area contributed by atoms with Crippen molar-refractivity contribution in [2.45, 2.75) is 25.8 Å². The van der Waals surface area contributed by atoms with Gasteiger partial charge < -0.3 is 5.32 Å². The smallest absolute Gasteiger partial charge is 0.244 e. The minimum Gasteiger partial charge on any atom is -0.357 e. The second-order valence-electron chi connectivity index (χ2n) is 4.46. The lowest BCUT2D eigenvalue weighted by Gasteiger charge is -2.17. The van der Waals surface area contributed by atoms with Crippen LogP contribution in [0, 0.1) is 6.92 Å². The highest BCUT2D eigenvalue weighted by Crippen LogP contribution is 2.20. The molecule has 1 heterocycles. The highest BCUT2D eigenvalue weighted by molar-refractivity contribution is 5.81. The SMILES string of the molecule is CNC(=O)[C@@H]1CCCN1N=Nc1ccc(C)cc1. The average Bonchev–Trinajstić information content (AvgIpc) is 2.85. The van der Waals surface area contributed by atoms with E-state index in [9.17, 15) is 4.79 Å². The fraction of sp³-hybridized carbons (Fsp3) is 0.462. The second-order valence-corrected chi connectivity index (χ2v) is 4.46. The van der Waals surface area contributed by atoms with Crippen LogP contribution >= 0.6 is 0 Å². The van der Waals surface area contributed by atoms with E-state index in [1.807, 2.05) is 31.2 Å². The fourth-order valence-corrected chi connectivity index (χ4v) is 2.01. The van der Waals surface area contributed by atoms with Gasteiger partial charge in [0.15, 0.2) is 0 Å². The third-order valence-corrected chi connectivity index (χ3v) is 3.08. The van der Waals surface area contributed by atoms with Gasteiger partial charge in [-0.3, -0.25) is 9.80 Å². The molecular weight excluding hydrogens is 228 g/mol. The second kappa shape index (κ2) is 5.62. The molecule has 0 aromatic heterocycles. The van der Waals surface area contributed by atoms with Crippen molar-refractivity contribution >= 4 is 11.6 Å². The van der Waals surface area contributed by atoms with Gasteiger partial charge in [-0.25, -0.2) is 0 Å². The molecule has 0 radical (unpaired) electrons. The maximum atomic E-state index is 11.6. The van der Waals surface area contributed by atoms with Crippen LogP contribution in [0.4, 0.5) is 5.69 Å².